The summed E-state index contributed by atoms with van der Waals surface area (Å²) in [4.78, 5) is 9.73. The third-order valence-electron chi connectivity index (χ3n) is 5.10. The van der Waals surface area contributed by atoms with Gasteiger partial charge in [0, 0.05) is 18.5 Å². The molecule has 5 rings (SSSR count). The van der Waals surface area contributed by atoms with E-state index < -0.39 is 0 Å². The molecule has 0 radical (unpaired) electrons. The Hall–Kier alpha value is -3.20. The van der Waals surface area contributed by atoms with Gasteiger partial charge >= 0.3 is 0 Å². The van der Waals surface area contributed by atoms with Crippen LogP contribution >= 0.6 is 0 Å². The smallest absolute Gasteiger partial charge is 0.0690 e. The van der Waals surface area contributed by atoms with Crippen molar-refractivity contribution in [2.24, 2.45) is 9.98 Å². The van der Waals surface area contributed by atoms with Crippen molar-refractivity contribution in [3.63, 3.8) is 0 Å². The standard InChI is InChI=1S/C23H19N3/c1-14-3-2-4-16(9-14)21-12-18-10-17-11-20(15-5-7-19(24)8-6-15)25-22(17)13-23(18)26-21/h2-10,13H,11-12,24H2,1H3. The van der Waals surface area contributed by atoms with Gasteiger partial charge in [0.15, 0.2) is 0 Å². The number of aliphatic imine (C=N–C) groups is 2. The van der Waals surface area contributed by atoms with Crippen molar-refractivity contribution in [1.82, 2.24) is 0 Å². The molecular weight excluding hydrogens is 318 g/mol. The highest BCUT2D eigenvalue weighted by Crippen LogP contribution is 2.38. The highest BCUT2D eigenvalue weighted by atomic mass is 14.8. The SMILES string of the molecule is Cc1cccc(C2=Nc3cc4c(cc3C2)CC(c2ccc(N)cc2)=N4)c1. The third-order valence-corrected chi connectivity index (χ3v) is 5.10. The average molecular weight is 337 g/mol. The maximum Gasteiger partial charge on any atom is 0.0690 e. The monoisotopic (exact) mass is 337 g/mol. The fourth-order valence-corrected chi connectivity index (χ4v) is 3.73. The van der Waals surface area contributed by atoms with Gasteiger partial charge in [-0.05, 0) is 47.4 Å². The molecule has 26 heavy (non-hydrogen) atoms. The predicted molar refractivity (Wildman–Crippen MR) is 108 cm³/mol. The van der Waals surface area contributed by atoms with Crippen molar-refractivity contribution < 1.29 is 0 Å². The quantitative estimate of drug-likeness (QED) is 0.662. The fourth-order valence-electron chi connectivity index (χ4n) is 3.73. The minimum Gasteiger partial charge on any atom is -0.399 e. The number of rotatable bonds is 2. The number of hydrogen-bond acceptors (Lipinski definition) is 3. The van der Waals surface area contributed by atoms with Crippen LogP contribution in [0, 0.1) is 6.92 Å². The Bertz CT molecular complexity index is 1090. The maximum atomic E-state index is 5.79. The van der Waals surface area contributed by atoms with Crippen molar-refractivity contribution in [1.29, 1.82) is 0 Å². The first-order valence-electron chi connectivity index (χ1n) is 8.89. The first-order chi connectivity index (χ1) is 12.7. The fraction of sp³-hybridized carbons (Fsp3) is 0.130. The van der Waals surface area contributed by atoms with Crippen LogP contribution in [0.3, 0.4) is 0 Å². The zero-order valence-corrected chi connectivity index (χ0v) is 14.7. The molecule has 2 N–H and O–H groups in total. The average Bonchev–Trinajstić information content (AvgIpc) is 3.23. The van der Waals surface area contributed by atoms with E-state index in [9.17, 15) is 0 Å². The van der Waals surface area contributed by atoms with E-state index in [2.05, 4.69) is 43.3 Å². The third kappa shape index (κ3) is 2.53. The van der Waals surface area contributed by atoms with Gasteiger partial charge in [0.2, 0.25) is 0 Å². The molecule has 3 nitrogen and oxygen atoms in total. The van der Waals surface area contributed by atoms with Crippen molar-refractivity contribution in [2.75, 3.05) is 5.73 Å². The number of fused-ring (bicyclic) bond motifs is 2. The number of hydrogen-bond donors (Lipinski definition) is 1. The van der Waals surface area contributed by atoms with Gasteiger partial charge in [0.05, 0.1) is 22.8 Å². The Labute approximate surface area is 152 Å². The Morgan fingerprint density at radius 2 is 1.38 bits per heavy atom. The van der Waals surface area contributed by atoms with Crippen LogP contribution in [0.4, 0.5) is 17.1 Å². The van der Waals surface area contributed by atoms with Crippen molar-refractivity contribution >= 4 is 28.5 Å². The number of benzene rings is 3. The summed E-state index contributed by atoms with van der Waals surface area (Å²) in [5.41, 5.74) is 17.1. The summed E-state index contributed by atoms with van der Waals surface area (Å²) >= 11 is 0. The summed E-state index contributed by atoms with van der Waals surface area (Å²) in [6.07, 6.45) is 1.76. The zero-order chi connectivity index (χ0) is 17.7. The lowest BCUT2D eigenvalue weighted by Crippen LogP contribution is -2.02. The van der Waals surface area contributed by atoms with Gasteiger partial charge in [-0.1, -0.05) is 48.0 Å². The van der Waals surface area contributed by atoms with Crippen molar-refractivity contribution in [3.8, 4) is 0 Å². The lowest BCUT2D eigenvalue weighted by Gasteiger charge is -2.03. The summed E-state index contributed by atoms with van der Waals surface area (Å²) in [7, 11) is 0. The molecule has 0 aliphatic carbocycles. The minimum absolute atomic E-state index is 0.779. The molecule has 2 aliphatic heterocycles. The molecule has 3 aromatic rings. The van der Waals surface area contributed by atoms with E-state index in [1.54, 1.807) is 0 Å². The molecule has 2 heterocycles. The molecule has 0 spiro atoms. The maximum absolute atomic E-state index is 5.79. The van der Waals surface area contributed by atoms with Crippen molar-refractivity contribution in [3.05, 3.63) is 88.5 Å². The summed E-state index contributed by atoms with van der Waals surface area (Å²) < 4.78 is 0. The van der Waals surface area contributed by atoms with Crippen LogP contribution in [-0.4, -0.2) is 11.4 Å². The van der Waals surface area contributed by atoms with Crippen LogP contribution in [0.15, 0.2) is 70.6 Å². The molecule has 126 valence electrons. The molecule has 0 atom stereocenters. The molecule has 3 heteroatoms. The number of nitrogen functional groups attached to an aromatic ring is 1. The predicted octanol–water partition coefficient (Wildman–Crippen LogP) is 4.93. The van der Waals surface area contributed by atoms with E-state index in [4.69, 9.17) is 15.7 Å². The number of nitrogens with zero attached hydrogens (tertiary/aromatic N) is 2. The van der Waals surface area contributed by atoms with Gasteiger partial charge in [-0.2, -0.15) is 0 Å². The normalized spacial score (nSPS) is 14.7. The minimum atomic E-state index is 0.779. The molecule has 0 amide bonds. The molecule has 3 aromatic carbocycles. The Morgan fingerprint density at radius 3 is 2.04 bits per heavy atom. The molecule has 0 aromatic heterocycles. The largest absolute Gasteiger partial charge is 0.399 e. The summed E-state index contributed by atoms with van der Waals surface area (Å²) in [6, 6.07) is 20.9. The van der Waals surface area contributed by atoms with Gasteiger partial charge in [-0.15, -0.1) is 0 Å². The van der Waals surface area contributed by atoms with Gasteiger partial charge in [0.1, 0.15) is 0 Å². The first kappa shape index (κ1) is 15.1. The molecule has 0 fully saturated rings. The van der Waals surface area contributed by atoms with Gasteiger partial charge in [-0.3, -0.25) is 9.98 Å². The number of aryl methyl sites for hydroxylation is 1. The molecule has 0 bridgehead atoms. The van der Waals surface area contributed by atoms with Gasteiger partial charge in [-0.25, -0.2) is 0 Å². The lowest BCUT2D eigenvalue weighted by atomic mass is 9.99. The Kier molecular flexibility index (Phi) is 3.29. The van der Waals surface area contributed by atoms with Gasteiger partial charge in [0.25, 0.3) is 0 Å². The van der Waals surface area contributed by atoms with Crippen LogP contribution in [0.1, 0.15) is 27.8 Å². The molecular formula is C23H19N3. The molecule has 0 saturated heterocycles. The summed E-state index contributed by atoms with van der Waals surface area (Å²) in [5, 5.41) is 0. The highest BCUT2D eigenvalue weighted by molar-refractivity contribution is 6.09. The van der Waals surface area contributed by atoms with E-state index in [1.807, 2.05) is 24.3 Å². The van der Waals surface area contributed by atoms with E-state index in [1.165, 1.54) is 22.3 Å². The second kappa shape index (κ2) is 5.67. The number of nitrogens with two attached hydrogens (primary N) is 1. The van der Waals surface area contributed by atoms with E-state index in [-0.39, 0.29) is 0 Å². The summed E-state index contributed by atoms with van der Waals surface area (Å²) in [5.74, 6) is 0. The van der Waals surface area contributed by atoms with Crippen LogP contribution < -0.4 is 5.73 Å². The van der Waals surface area contributed by atoms with Crippen molar-refractivity contribution in [2.45, 2.75) is 19.8 Å². The van der Waals surface area contributed by atoms with Crippen LogP contribution in [0.5, 0.6) is 0 Å². The second-order valence-corrected chi connectivity index (χ2v) is 7.07. The van der Waals surface area contributed by atoms with Crippen LogP contribution in [-0.2, 0) is 12.8 Å². The zero-order valence-electron chi connectivity index (χ0n) is 14.7. The van der Waals surface area contributed by atoms with E-state index in [0.717, 1.165) is 46.9 Å². The topological polar surface area (TPSA) is 50.7 Å². The Morgan fingerprint density at radius 1 is 0.731 bits per heavy atom. The molecule has 0 saturated carbocycles. The van der Waals surface area contributed by atoms with Gasteiger partial charge < -0.3 is 5.73 Å². The van der Waals surface area contributed by atoms with Crippen LogP contribution in [0.25, 0.3) is 0 Å². The van der Waals surface area contributed by atoms with E-state index in [0.29, 0.717) is 0 Å². The highest BCUT2D eigenvalue weighted by Gasteiger charge is 2.22. The lowest BCUT2D eigenvalue weighted by molar-refractivity contribution is 1.31. The summed E-state index contributed by atoms with van der Waals surface area (Å²) in [6.45, 7) is 2.12. The van der Waals surface area contributed by atoms with E-state index >= 15 is 0 Å². The second-order valence-electron chi connectivity index (χ2n) is 7.07. The van der Waals surface area contributed by atoms with Crippen LogP contribution in [0.2, 0.25) is 0 Å². The molecule has 0 unspecified atom stereocenters. The first-order valence-corrected chi connectivity index (χ1v) is 8.89. The molecule has 2 aliphatic rings. The number of anilines is 1. The Balaban J connectivity index is 1.48.